The van der Waals surface area contributed by atoms with Gasteiger partial charge >= 0.3 is 10.8 Å². The van der Waals surface area contributed by atoms with E-state index in [2.05, 4.69) is 20.1 Å². The fraction of sp³-hybridized carbons (Fsp3) is 0. The molecule has 146 valence electrons. The van der Waals surface area contributed by atoms with Crippen LogP contribution in [-0.4, -0.2) is 32.2 Å². The lowest BCUT2D eigenvalue weighted by Crippen LogP contribution is -2.06. The Hall–Kier alpha value is -3.83. The highest BCUT2D eigenvalue weighted by molar-refractivity contribution is 7.91. The molecule has 0 spiro atoms. The molecular weight excluding hydrogens is 398 g/mol. The number of hydrogen-bond acceptors (Lipinski definition) is 9. The molecule has 1 heterocycles. The molecule has 2 aromatic carbocycles. The largest absolute Gasteiger partial charge is 0.604 e. The van der Waals surface area contributed by atoms with Gasteiger partial charge in [-0.2, -0.15) is 9.97 Å². The van der Waals surface area contributed by atoms with Crippen LogP contribution in [0.5, 0.6) is 5.75 Å². The lowest BCUT2D eigenvalue weighted by atomic mass is 10.3. The summed E-state index contributed by atoms with van der Waals surface area (Å²) in [5, 5.41) is 14.6. The summed E-state index contributed by atoms with van der Waals surface area (Å²) in [5.74, 6) is 0.0350. The molecule has 0 bridgehead atoms. The van der Waals surface area contributed by atoms with Crippen LogP contribution in [0.2, 0.25) is 0 Å². The maximum atomic E-state index is 12.3. The molecule has 0 aliphatic carbocycles. The van der Waals surface area contributed by atoms with Crippen LogP contribution in [0.3, 0.4) is 0 Å². The molecule has 0 aliphatic rings. The van der Waals surface area contributed by atoms with Gasteiger partial charge < -0.3 is 14.1 Å². The van der Waals surface area contributed by atoms with Crippen molar-refractivity contribution in [2.45, 2.75) is 10.1 Å². The molecule has 3 aromatic rings. The zero-order chi connectivity index (χ0) is 20.5. The average Bonchev–Trinajstić information content (AvgIpc) is 2.77. The third-order valence-corrected chi connectivity index (χ3v) is 4.60. The van der Waals surface area contributed by atoms with E-state index in [0.717, 1.165) is 12.8 Å². The van der Waals surface area contributed by atoms with Gasteiger partial charge in [-0.15, -0.1) is 0 Å². The number of ether oxygens (including phenoxy) is 1. The molecule has 0 aliphatic heterocycles. The van der Waals surface area contributed by atoms with Crippen molar-refractivity contribution in [3.8, 4) is 5.75 Å². The van der Waals surface area contributed by atoms with E-state index in [0.29, 0.717) is 10.6 Å². The molecule has 0 radical (unpaired) electrons. The van der Waals surface area contributed by atoms with Crippen molar-refractivity contribution in [2.24, 2.45) is 10.1 Å². The van der Waals surface area contributed by atoms with Crippen LogP contribution in [0, 0.1) is 10.1 Å². The minimum atomic E-state index is -1.48. The van der Waals surface area contributed by atoms with Gasteiger partial charge in [-0.25, -0.2) is 4.99 Å². The summed E-state index contributed by atoms with van der Waals surface area (Å²) >= 11 is -1.48. The molecule has 10 nitrogen and oxygen atoms in total. The van der Waals surface area contributed by atoms with E-state index < -0.39 is 16.1 Å². The van der Waals surface area contributed by atoms with Crippen LogP contribution in [0.25, 0.3) is 0 Å². The highest BCUT2D eigenvalue weighted by atomic mass is 32.2. The summed E-state index contributed by atoms with van der Waals surface area (Å²) in [6, 6.07) is 14.1. The standard InChI is InChI=1S/C18H13N5O5S/c24-23(25)16-4-1-2-5-17(16)27-13-22-28-12-21-14-6-8-15(9-7-14)29(26)18-19-10-3-11-20-18/h1-13H/b21-12+,22-13+. The second kappa shape index (κ2) is 9.92. The number of para-hydroxylation sites is 2. The Morgan fingerprint density at radius 1 is 1.00 bits per heavy atom. The first-order valence-electron chi connectivity index (χ1n) is 8.04. The number of rotatable bonds is 8. The molecule has 1 aromatic heterocycles. The number of aliphatic imine (C=N–C) groups is 1. The van der Waals surface area contributed by atoms with E-state index in [1.165, 1.54) is 30.6 Å². The van der Waals surface area contributed by atoms with Gasteiger partial charge in [-0.05, 0) is 41.6 Å². The van der Waals surface area contributed by atoms with Crippen LogP contribution in [0.15, 0.2) is 87.2 Å². The fourth-order valence-electron chi connectivity index (χ4n) is 2.06. The van der Waals surface area contributed by atoms with Gasteiger partial charge in [-0.3, -0.25) is 10.1 Å². The predicted molar refractivity (Wildman–Crippen MR) is 105 cm³/mol. The second-order valence-electron chi connectivity index (χ2n) is 5.19. The maximum absolute atomic E-state index is 12.3. The monoisotopic (exact) mass is 411 g/mol. The number of aromatic nitrogens is 2. The van der Waals surface area contributed by atoms with Crippen LogP contribution >= 0.6 is 0 Å². The number of oxime groups is 1. The lowest BCUT2D eigenvalue weighted by molar-refractivity contribution is -0.385. The van der Waals surface area contributed by atoms with E-state index in [4.69, 9.17) is 9.57 Å². The molecule has 3 rings (SSSR count). The molecule has 0 fully saturated rings. The van der Waals surface area contributed by atoms with Crippen molar-refractivity contribution < 1.29 is 19.1 Å². The number of hydrogen-bond donors (Lipinski definition) is 0. The highest BCUT2D eigenvalue weighted by Gasteiger charge is 2.17. The molecule has 1 unspecified atom stereocenters. The van der Waals surface area contributed by atoms with Crippen LogP contribution in [0.1, 0.15) is 0 Å². The zero-order valence-corrected chi connectivity index (χ0v) is 15.5. The van der Waals surface area contributed by atoms with E-state index in [1.54, 1.807) is 36.4 Å². The van der Waals surface area contributed by atoms with Crippen molar-refractivity contribution in [1.82, 2.24) is 9.97 Å². The number of nitro groups is 1. The number of nitrogens with zero attached hydrogens (tertiary/aromatic N) is 5. The topological polar surface area (TPSA) is 135 Å². The number of benzene rings is 2. The predicted octanol–water partition coefficient (Wildman–Crippen LogP) is 3.25. The summed E-state index contributed by atoms with van der Waals surface area (Å²) in [6.07, 6.45) is 5.03. The minimum Gasteiger partial charge on any atom is -0.604 e. The Morgan fingerprint density at radius 2 is 1.72 bits per heavy atom. The van der Waals surface area contributed by atoms with Crippen LogP contribution in [0.4, 0.5) is 11.4 Å². The Bertz CT molecular complexity index is 1010. The minimum absolute atomic E-state index is 0.0350. The Kier molecular flexibility index (Phi) is 6.81. The highest BCUT2D eigenvalue weighted by Crippen LogP contribution is 2.25. The van der Waals surface area contributed by atoms with E-state index in [-0.39, 0.29) is 16.6 Å². The molecule has 0 saturated heterocycles. The normalized spacial score (nSPS) is 12.2. The Balaban J connectivity index is 1.52. The first-order chi connectivity index (χ1) is 14.1. The first-order valence-corrected chi connectivity index (χ1v) is 9.19. The van der Waals surface area contributed by atoms with E-state index >= 15 is 0 Å². The molecular formula is C18H13N5O5S. The fourth-order valence-corrected chi connectivity index (χ4v) is 2.97. The van der Waals surface area contributed by atoms with E-state index in [9.17, 15) is 14.7 Å². The van der Waals surface area contributed by atoms with Gasteiger partial charge in [0.05, 0.1) is 21.8 Å². The summed E-state index contributed by atoms with van der Waals surface area (Å²) in [6.45, 7) is 0. The Labute approximate surface area is 167 Å². The maximum Gasteiger partial charge on any atom is 0.348 e. The molecule has 0 saturated carbocycles. The van der Waals surface area contributed by atoms with Crippen molar-refractivity contribution >= 4 is 35.4 Å². The first kappa shape index (κ1) is 19.9. The third kappa shape index (κ3) is 5.57. The van der Waals surface area contributed by atoms with Crippen molar-refractivity contribution in [1.29, 1.82) is 0 Å². The summed E-state index contributed by atoms with van der Waals surface area (Å²) < 4.78 is 17.4. The zero-order valence-electron chi connectivity index (χ0n) is 14.7. The van der Waals surface area contributed by atoms with E-state index in [1.807, 2.05) is 0 Å². The van der Waals surface area contributed by atoms with Gasteiger partial charge in [0.25, 0.3) is 0 Å². The Morgan fingerprint density at radius 3 is 2.45 bits per heavy atom. The third-order valence-electron chi connectivity index (χ3n) is 3.35. The van der Waals surface area contributed by atoms with Crippen LogP contribution in [-0.2, 0) is 16.0 Å². The molecule has 29 heavy (non-hydrogen) atoms. The second-order valence-corrected chi connectivity index (χ2v) is 6.56. The SMILES string of the molecule is O=[N+]([O-])c1ccccc1O/C=N/O/C=N/c1ccc([S+]([O-])c2ncccn2)cc1. The molecule has 0 amide bonds. The molecule has 0 N–H and O–H groups in total. The summed E-state index contributed by atoms with van der Waals surface area (Å²) in [7, 11) is 0. The van der Waals surface area contributed by atoms with Crippen LogP contribution < -0.4 is 4.74 Å². The quantitative estimate of drug-likeness (QED) is 0.139. The van der Waals surface area contributed by atoms with Gasteiger partial charge in [0, 0.05) is 18.5 Å². The molecule has 1 atom stereocenters. The van der Waals surface area contributed by atoms with Crippen molar-refractivity contribution in [2.75, 3.05) is 0 Å². The van der Waals surface area contributed by atoms with Gasteiger partial charge in [0.15, 0.2) is 4.90 Å². The molecule has 11 heteroatoms. The average molecular weight is 411 g/mol. The lowest BCUT2D eigenvalue weighted by Gasteiger charge is -2.06. The van der Waals surface area contributed by atoms with Crippen molar-refractivity contribution in [3.63, 3.8) is 0 Å². The number of nitro benzene ring substituents is 1. The summed E-state index contributed by atoms with van der Waals surface area (Å²) in [4.78, 5) is 27.6. The van der Waals surface area contributed by atoms with Gasteiger partial charge in [-0.1, -0.05) is 12.1 Å². The smallest absolute Gasteiger partial charge is 0.348 e. The van der Waals surface area contributed by atoms with Crippen molar-refractivity contribution in [3.05, 3.63) is 77.1 Å². The van der Waals surface area contributed by atoms with Gasteiger partial charge in [0.2, 0.25) is 18.6 Å². The van der Waals surface area contributed by atoms with Gasteiger partial charge in [0.1, 0.15) is 0 Å². The summed E-state index contributed by atoms with van der Waals surface area (Å²) in [5.41, 5.74) is 0.348.